The summed E-state index contributed by atoms with van der Waals surface area (Å²) in [5.74, 6) is 1.48. The molecular formula is C22H23BrN4O3. The van der Waals surface area contributed by atoms with Gasteiger partial charge in [-0.2, -0.15) is 5.10 Å². The van der Waals surface area contributed by atoms with Crippen molar-refractivity contribution in [1.82, 2.24) is 15.2 Å². The number of aromatic amines is 1. The molecule has 1 atom stereocenters. The fraction of sp³-hybridized carbons (Fsp3) is 0.318. The molecular weight excluding hydrogens is 448 g/mol. The Hall–Kier alpha value is -2.87. The maximum absolute atomic E-state index is 13.5. The van der Waals surface area contributed by atoms with E-state index in [1.54, 1.807) is 37.6 Å². The number of aromatic nitrogens is 3. The molecule has 0 saturated heterocycles. The van der Waals surface area contributed by atoms with Crippen LogP contribution in [0.25, 0.3) is 0 Å². The van der Waals surface area contributed by atoms with E-state index in [-0.39, 0.29) is 11.9 Å². The molecule has 4 rings (SSSR count). The van der Waals surface area contributed by atoms with Crippen molar-refractivity contribution in [1.29, 1.82) is 0 Å². The van der Waals surface area contributed by atoms with Gasteiger partial charge < -0.3 is 9.47 Å². The van der Waals surface area contributed by atoms with E-state index < -0.39 is 0 Å². The van der Waals surface area contributed by atoms with E-state index in [0.29, 0.717) is 28.8 Å². The SMILES string of the molecule is COc1cc(OC)cc(N2C(=O)c3[nH]nc(CC(C)C)c3C2c2cncc(Br)c2)c1. The highest BCUT2D eigenvalue weighted by Crippen LogP contribution is 2.44. The lowest BCUT2D eigenvalue weighted by molar-refractivity contribution is 0.0988. The number of amides is 1. The summed E-state index contributed by atoms with van der Waals surface area (Å²) >= 11 is 3.51. The maximum Gasteiger partial charge on any atom is 0.277 e. The lowest BCUT2D eigenvalue weighted by Gasteiger charge is -2.27. The lowest BCUT2D eigenvalue weighted by Crippen LogP contribution is -2.29. The Kier molecular flexibility index (Phi) is 5.51. The van der Waals surface area contributed by atoms with Crippen molar-refractivity contribution in [3.05, 3.63) is 63.6 Å². The third-order valence-electron chi connectivity index (χ3n) is 5.10. The summed E-state index contributed by atoms with van der Waals surface area (Å²) in [6, 6.07) is 7.07. The average Bonchev–Trinajstić information content (AvgIpc) is 3.26. The Morgan fingerprint density at radius 1 is 1.13 bits per heavy atom. The predicted molar refractivity (Wildman–Crippen MR) is 117 cm³/mol. The van der Waals surface area contributed by atoms with Crippen molar-refractivity contribution in [3.63, 3.8) is 0 Å². The molecule has 1 aliphatic rings. The Morgan fingerprint density at radius 3 is 2.43 bits per heavy atom. The van der Waals surface area contributed by atoms with Gasteiger partial charge in [0.25, 0.3) is 5.91 Å². The second-order valence-electron chi connectivity index (χ2n) is 7.64. The summed E-state index contributed by atoms with van der Waals surface area (Å²) in [5.41, 5.74) is 3.88. The minimum absolute atomic E-state index is 0.146. The molecule has 0 aliphatic carbocycles. The molecule has 1 N–H and O–H groups in total. The van der Waals surface area contributed by atoms with Crippen molar-refractivity contribution in [3.8, 4) is 11.5 Å². The fourth-order valence-electron chi connectivity index (χ4n) is 3.85. The van der Waals surface area contributed by atoms with Crippen LogP contribution in [0, 0.1) is 5.92 Å². The number of fused-ring (bicyclic) bond motifs is 1. The van der Waals surface area contributed by atoms with Crippen LogP contribution in [0.2, 0.25) is 0 Å². The topological polar surface area (TPSA) is 80.3 Å². The second-order valence-corrected chi connectivity index (χ2v) is 8.56. The molecule has 7 nitrogen and oxygen atoms in total. The first-order chi connectivity index (χ1) is 14.4. The normalized spacial score (nSPS) is 15.6. The molecule has 8 heteroatoms. The van der Waals surface area contributed by atoms with Gasteiger partial charge in [0, 0.05) is 40.6 Å². The summed E-state index contributed by atoms with van der Waals surface area (Å²) in [6.07, 6.45) is 4.28. The van der Waals surface area contributed by atoms with Crippen LogP contribution in [0.3, 0.4) is 0 Å². The van der Waals surface area contributed by atoms with Crippen molar-refractivity contribution in [2.24, 2.45) is 5.92 Å². The zero-order valence-corrected chi connectivity index (χ0v) is 18.9. The highest BCUT2D eigenvalue weighted by Gasteiger charge is 2.43. The molecule has 1 unspecified atom stereocenters. The Morgan fingerprint density at radius 2 is 1.83 bits per heavy atom. The number of pyridine rings is 1. The summed E-state index contributed by atoms with van der Waals surface area (Å²) in [5, 5.41) is 7.44. The zero-order valence-electron chi connectivity index (χ0n) is 17.3. The predicted octanol–water partition coefficient (Wildman–Crippen LogP) is 4.53. The molecule has 1 amide bonds. The molecule has 3 aromatic rings. The van der Waals surface area contributed by atoms with Crippen LogP contribution < -0.4 is 14.4 Å². The number of ether oxygens (including phenoxy) is 2. The van der Waals surface area contributed by atoms with Crippen LogP contribution in [0.1, 0.15) is 47.2 Å². The minimum atomic E-state index is -0.359. The van der Waals surface area contributed by atoms with Crippen LogP contribution in [-0.4, -0.2) is 35.3 Å². The molecule has 1 aromatic carbocycles. The van der Waals surface area contributed by atoms with Crippen molar-refractivity contribution in [2.45, 2.75) is 26.3 Å². The Balaban J connectivity index is 1.92. The highest BCUT2D eigenvalue weighted by atomic mass is 79.9. The maximum atomic E-state index is 13.5. The van der Waals surface area contributed by atoms with Gasteiger partial charge in [0.15, 0.2) is 0 Å². The first-order valence-corrected chi connectivity index (χ1v) is 10.5. The van der Waals surface area contributed by atoms with Gasteiger partial charge in [0.1, 0.15) is 17.2 Å². The smallest absolute Gasteiger partial charge is 0.277 e. The molecule has 3 heterocycles. The Bertz CT molecular complexity index is 1070. The van der Waals surface area contributed by atoms with Gasteiger partial charge in [-0.1, -0.05) is 13.8 Å². The first-order valence-electron chi connectivity index (χ1n) is 9.67. The summed E-state index contributed by atoms with van der Waals surface area (Å²) < 4.78 is 11.7. The van der Waals surface area contributed by atoms with Gasteiger partial charge in [0.2, 0.25) is 0 Å². The number of hydrogen-bond acceptors (Lipinski definition) is 5. The number of nitrogens with zero attached hydrogens (tertiary/aromatic N) is 3. The molecule has 0 fully saturated rings. The van der Waals surface area contributed by atoms with Crippen molar-refractivity contribution >= 4 is 27.5 Å². The van der Waals surface area contributed by atoms with Gasteiger partial charge >= 0.3 is 0 Å². The largest absolute Gasteiger partial charge is 0.497 e. The first kappa shape index (κ1) is 20.4. The third-order valence-corrected chi connectivity index (χ3v) is 5.54. The number of hydrogen-bond donors (Lipinski definition) is 1. The van der Waals surface area contributed by atoms with Crippen LogP contribution in [0.15, 0.2) is 41.1 Å². The molecule has 2 aromatic heterocycles. The van der Waals surface area contributed by atoms with E-state index in [4.69, 9.17) is 9.47 Å². The van der Waals surface area contributed by atoms with E-state index in [1.165, 1.54) is 0 Å². The average molecular weight is 471 g/mol. The number of anilines is 1. The number of benzene rings is 1. The van der Waals surface area contributed by atoms with Gasteiger partial charge in [-0.15, -0.1) is 0 Å². The molecule has 1 aliphatic heterocycles. The van der Waals surface area contributed by atoms with Crippen molar-refractivity contribution < 1.29 is 14.3 Å². The van der Waals surface area contributed by atoms with Gasteiger partial charge in [-0.05, 0) is 39.9 Å². The van der Waals surface area contributed by atoms with E-state index >= 15 is 0 Å². The van der Waals surface area contributed by atoms with E-state index in [2.05, 4.69) is 45.0 Å². The van der Waals surface area contributed by atoms with E-state index in [0.717, 1.165) is 27.7 Å². The fourth-order valence-corrected chi connectivity index (χ4v) is 4.23. The quantitative estimate of drug-likeness (QED) is 0.572. The van der Waals surface area contributed by atoms with Crippen LogP contribution in [0.4, 0.5) is 5.69 Å². The summed E-state index contributed by atoms with van der Waals surface area (Å²) in [7, 11) is 3.18. The molecule has 0 spiro atoms. The van der Waals surface area contributed by atoms with Crippen LogP contribution in [0.5, 0.6) is 11.5 Å². The number of rotatable bonds is 6. The number of halogens is 1. The van der Waals surface area contributed by atoms with E-state index in [1.807, 2.05) is 18.2 Å². The molecule has 0 bridgehead atoms. The zero-order chi connectivity index (χ0) is 21.4. The molecule has 30 heavy (non-hydrogen) atoms. The summed E-state index contributed by atoms with van der Waals surface area (Å²) in [6.45, 7) is 4.27. The Labute approximate surface area is 183 Å². The van der Waals surface area contributed by atoms with Gasteiger partial charge in [-0.3, -0.25) is 19.8 Å². The summed E-state index contributed by atoms with van der Waals surface area (Å²) in [4.78, 5) is 19.6. The number of carbonyl (C=O) groups is 1. The number of H-pyrrole nitrogens is 1. The highest BCUT2D eigenvalue weighted by molar-refractivity contribution is 9.10. The van der Waals surface area contributed by atoms with Crippen LogP contribution in [-0.2, 0) is 6.42 Å². The lowest BCUT2D eigenvalue weighted by atomic mass is 9.96. The minimum Gasteiger partial charge on any atom is -0.497 e. The van der Waals surface area contributed by atoms with Gasteiger partial charge in [0.05, 0.1) is 31.6 Å². The van der Waals surface area contributed by atoms with Gasteiger partial charge in [-0.25, -0.2) is 0 Å². The van der Waals surface area contributed by atoms with Crippen LogP contribution >= 0.6 is 15.9 Å². The number of carbonyl (C=O) groups excluding carboxylic acids is 1. The molecule has 0 radical (unpaired) electrons. The van der Waals surface area contributed by atoms with E-state index in [9.17, 15) is 4.79 Å². The third kappa shape index (κ3) is 3.56. The van der Waals surface area contributed by atoms with Crippen molar-refractivity contribution in [2.75, 3.05) is 19.1 Å². The monoisotopic (exact) mass is 470 g/mol. The molecule has 0 saturated carbocycles. The number of methoxy groups -OCH3 is 2. The number of nitrogens with one attached hydrogen (secondary N) is 1. The second kappa shape index (κ2) is 8.10. The molecule has 156 valence electrons. The standard InChI is InChI=1S/C22H23BrN4O3/c1-12(2)5-18-19-20(26-25-18)22(28)27(21(19)13-6-14(23)11-24-10-13)15-7-16(29-3)9-17(8-15)30-4/h6-12,21H,5H2,1-4H3,(H,25,26).